The van der Waals surface area contributed by atoms with E-state index in [4.69, 9.17) is 16.3 Å². The molecule has 0 spiro atoms. The lowest BCUT2D eigenvalue weighted by atomic mass is 10.1. The molecule has 0 atom stereocenters. The number of Topliss-reactive ketones (excluding diaryl/α,β-unsaturated/α-hetero) is 1. The summed E-state index contributed by atoms with van der Waals surface area (Å²) in [5.41, 5.74) is -0.165. The van der Waals surface area contributed by atoms with E-state index in [2.05, 4.69) is 4.74 Å². The van der Waals surface area contributed by atoms with Gasteiger partial charge in [0.05, 0.1) is 13.7 Å². The highest BCUT2D eigenvalue weighted by Gasteiger charge is 2.21. The van der Waals surface area contributed by atoms with E-state index in [-0.39, 0.29) is 22.9 Å². The SMILES string of the molecule is CCOC(=O)C(=O)c1cc(F)c(Cl)c(OC)c1. The van der Waals surface area contributed by atoms with Gasteiger partial charge in [0.25, 0.3) is 5.78 Å². The summed E-state index contributed by atoms with van der Waals surface area (Å²) in [6.07, 6.45) is 0. The van der Waals surface area contributed by atoms with Gasteiger partial charge in [-0.1, -0.05) is 11.6 Å². The zero-order valence-electron chi connectivity index (χ0n) is 9.25. The Balaban J connectivity index is 3.11. The molecule has 0 aliphatic heterocycles. The van der Waals surface area contributed by atoms with Crippen molar-refractivity contribution >= 4 is 23.4 Å². The number of carbonyl (C=O) groups excluding carboxylic acids is 2. The number of rotatable bonds is 4. The molecule has 0 bridgehead atoms. The fraction of sp³-hybridized carbons (Fsp3) is 0.273. The fourth-order valence-corrected chi connectivity index (χ4v) is 1.34. The Hall–Kier alpha value is -1.62. The standard InChI is InChI=1S/C11H10ClFO4/c1-3-17-11(15)10(14)6-4-7(13)9(12)8(5-6)16-2/h4-5H,3H2,1-2H3. The number of ether oxygens (including phenoxy) is 2. The third-order valence-electron chi connectivity index (χ3n) is 1.94. The molecule has 0 unspecified atom stereocenters. The first-order valence-electron chi connectivity index (χ1n) is 4.75. The first-order valence-corrected chi connectivity index (χ1v) is 5.13. The van der Waals surface area contributed by atoms with Gasteiger partial charge in [-0.2, -0.15) is 0 Å². The minimum atomic E-state index is -1.05. The summed E-state index contributed by atoms with van der Waals surface area (Å²) in [5.74, 6) is -2.84. The van der Waals surface area contributed by atoms with Crippen molar-refractivity contribution in [1.29, 1.82) is 0 Å². The second-order valence-corrected chi connectivity index (χ2v) is 3.40. The quantitative estimate of drug-likeness (QED) is 0.473. The molecule has 4 nitrogen and oxygen atoms in total. The van der Waals surface area contributed by atoms with Gasteiger partial charge in [0.2, 0.25) is 0 Å². The third-order valence-corrected chi connectivity index (χ3v) is 2.30. The number of ketones is 1. The molecule has 0 saturated heterocycles. The summed E-state index contributed by atoms with van der Waals surface area (Å²) in [6.45, 7) is 1.63. The molecule has 1 aromatic carbocycles. The maximum absolute atomic E-state index is 13.3. The van der Waals surface area contributed by atoms with Crippen molar-refractivity contribution in [3.8, 4) is 5.75 Å². The van der Waals surface area contributed by atoms with Gasteiger partial charge in [0.15, 0.2) is 0 Å². The smallest absolute Gasteiger partial charge is 0.379 e. The normalized spacial score (nSPS) is 9.88. The van der Waals surface area contributed by atoms with Crippen molar-refractivity contribution in [2.45, 2.75) is 6.92 Å². The molecule has 0 aliphatic rings. The molecule has 92 valence electrons. The molecule has 0 saturated carbocycles. The lowest BCUT2D eigenvalue weighted by Crippen LogP contribution is -2.17. The average Bonchev–Trinajstić information content (AvgIpc) is 2.31. The highest BCUT2D eigenvalue weighted by atomic mass is 35.5. The second kappa shape index (κ2) is 5.63. The number of hydrogen-bond donors (Lipinski definition) is 0. The molecule has 1 aromatic rings. The van der Waals surface area contributed by atoms with E-state index in [1.54, 1.807) is 6.92 Å². The van der Waals surface area contributed by atoms with Crippen molar-refractivity contribution in [1.82, 2.24) is 0 Å². The van der Waals surface area contributed by atoms with E-state index >= 15 is 0 Å². The summed E-state index contributed by atoms with van der Waals surface area (Å²) < 4.78 is 22.6. The van der Waals surface area contributed by atoms with Crippen molar-refractivity contribution in [3.63, 3.8) is 0 Å². The first kappa shape index (κ1) is 13.4. The van der Waals surface area contributed by atoms with E-state index in [0.29, 0.717) is 0 Å². The van der Waals surface area contributed by atoms with Crippen molar-refractivity contribution in [3.05, 3.63) is 28.5 Å². The van der Waals surface area contributed by atoms with Crippen LogP contribution in [0.2, 0.25) is 5.02 Å². The average molecular weight is 261 g/mol. The van der Waals surface area contributed by atoms with E-state index in [9.17, 15) is 14.0 Å². The van der Waals surface area contributed by atoms with Crippen molar-refractivity contribution in [2.24, 2.45) is 0 Å². The van der Waals surface area contributed by atoms with Crippen LogP contribution >= 0.6 is 11.6 Å². The zero-order valence-corrected chi connectivity index (χ0v) is 10.0. The zero-order chi connectivity index (χ0) is 13.0. The number of hydrogen-bond acceptors (Lipinski definition) is 4. The molecule has 1 rings (SSSR count). The van der Waals surface area contributed by atoms with Crippen LogP contribution < -0.4 is 4.74 Å². The fourth-order valence-electron chi connectivity index (χ4n) is 1.16. The van der Waals surface area contributed by atoms with Crippen LogP contribution in [0, 0.1) is 5.82 Å². The predicted molar refractivity (Wildman–Crippen MR) is 58.9 cm³/mol. The van der Waals surface area contributed by atoms with Gasteiger partial charge in [0, 0.05) is 5.56 Å². The highest BCUT2D eigenvalue weighted by molar-refractivity contribution is 6.41. The molecule has 0 radical (unpaired) electrons. The third kappa shape index (κ3) is 2.94. The van der Waals surface area contributed by atoms with Gasteiger partial charge in [-0.15, -0.1) is 0 Å². The summed E-state index contributed by atoms with van der Waals surface area (Å²) in [5, 5.41) is -0.243. The molecule has 0 heterocycles. The van der Waals surface area contributed by atoms with Crippen LogP contribution in [0.5, 0.6) is 5.75 Å². The van der Waals surface area contributed by atoms with Gasteiger partial charge < -0.3 is 9.47 Å². The number of esters is 1. The highest BCUT2D eigenvalue weighted by Crippen LogP contribution is 2.28. The minimum absolute atomic E-state index is 0.0145. The van der Waals surface area contributed by atoms with Crippen LogP contribution in [-0.2, 0) is 9.53 Å². The molecule has 0 N–H and O–H groups in total. The van der Waals surface area contributed by atoms with Crippen molar-refractivity contribution in [2.75, 3.05) is 13.7 Å². The largest absolute Gasteiger partial charge is 0.495 e. The Labute approximate surface area is 102 Å². The van der Waals surface area contributed by atoms with Crippen LogP contribution in [0.4, 0.5) is 4.39 Å². The Morgan fingerprint density at radius 1 is 1.41 bits per heavy atom. The van der Waals surface area contributed by atoms with Crippen molar-refractivity contribution < 1.29 is 23.5 Å². The van der Waals surface area contributed by atoms with Gasteiger partial charge >= 0.3 is 5.97 Å². The van der Waals surface area contributed by atoms with Crippen LogP contribution in [0.25, 0.3) is 0 Å². The molecule has 0 aromatic heterocycles. The van der Waals surface area contributed by atoms with Gasteiger partial charge in [-0.25, -0.2) is 9.18 Å². The van der Waals surface area contributed by atoms with E-state index in [1.807, 2.05) is 0 Å². The molecule has 0 amide bonds. The first-order chi connectivity index (χ1) is 8.01. The second-order valence-electron chi connectivity index (χ2n) is 3.02. The number of carbonyl (C=O) groups is 2. The lowest BCUT2D eigenvalue weighted by molar-refractivity contribution is -0.137. The number of benzene rings is 1. The predicted octanol–water partition coefficient (Wildman–Crippen LogP) is 2.23. The summed E-state index contributed by atoms with van der Waals surface area (Å²) >= 11 is 5.58. The molecule has 17 heavy (non-hydrogen) atoms. The lowest BCUT2D eigenvalue weighted by Gasteiger charge is -2.06. The maximum atomic E-state index is 13.3. The molecule has 0 aliphatic carbocycles. The van der Waals surface area contributed by atoms with Crippen LogP contribution in [0.15, 0.2) is 12.1 Å². The summed E-state index contributed by atoms with van der Waals surface area (Å²) in [4.78, 5) is 22.7. The minimum Gasteiger partial charge on any atom is -0.495 e. The topological polar surface area (TPSA) is 52.6 Å². The number of methoxy groups -OCH3 is 1. The van der Waals surface area contributed by atoms with Crippen LogP contribution in [-0.4, -0.2) is 25.5 Å². The maximum Gasteiger partial charge on any atom is 0.379 e. The van der Waals surface area contributed by atoms with E-state index in [0.717, 1.165) is 6.07 Å². The Kier molecular flexibility index (Phi) is 4.45. The van der Waals surface area contributed by atoms with Gasteiger partial charge in [-0.05, 0) is 19.1 Å². The van der Waals surface area contributed by atoms with E-state index in [1.165, 1.54) is 13.2 Å². The number of halogens is 2. The Morgan fingerprint density at radius 3 is 2.59 bits per heavy atom. The molecular weight excluding hydrogens is 251 g/mol. The summed E-state index contributed by atoms with van der Waals surface area (Å²) in [6, 6.07) is 2.05. The van der Waals surface area contributed by atoms with Crippen LogP contribution in [0.1, 0.15) is 17.3 Å². The van der Waals surface area contributed by atoms with Crippen LogP contribution in [0.3, 0.4) is 0 Å². The van der Waals surface area contributed by atoms with E-state index < -0.39 is 17.6 Å². The monoisotopic (exact) mass is 260 g/mol. The summed E-state index contributed by atoms with van der Waals surface area (Å²) in [7, 11) is 1.28. The Bertz CT molecular complexity index is 459. The van der Waals surface area contributed by atoms with Gasteiger partial charge in [-0.3, -0.25) is 4.79 Å². The molecular formula is C11H10ClFO4. The Morgan fingerprint density at radius 2 is 2.06 bits per heavy atom. The molecule has 0 fully saturated rings. The molecule has 6 heteroatoms. The van der Waals surface area contributed by atoms with Gasteiger partial charge in [0.1, 0.15) is 16.6 Å².